The molecule has 0 aromatic heterocycles. The predicted molar refractivity (Wildman–Crippen MR) is 76.8 cm³/mol. The second kappa shape index (κ2) is 5.66. The van der Waals surface area contributed by atoms with E-state index in [-0.39, 0.29) is 23.6 Å². The average molecular weight is 362 g/mol. The zero-order valence-electron chi connectivity index (χ0n) is 10.2. The largest absolute Gasteiger partial charge is 0.398 e. The van der Waals surface area contributed by atoms with Crippen LogP contribution >= 0.6 is 22.6 Å². The predicted octanol–water partition coefficient (Wildman–Crippen LogP) is 0.738. The Kier molecular flexibility index (Phi) is 4.69. The molecule has 0 spiro atoms. The molecule has 6 heteroatoms. The van der Waals surface area contributed by atoms with Gasteiger partial charge in [-0.1, -0.05) is 0 Å². The Morgan fingerprint density at radius 3 is 2.67 bits per heavy atom. The number of carbonyl (C=O) groups excluding carboxylic acids is 2. The van der Waals surface area contributed by atoms with Gasteiger partial charge < -0.3 is 15.7 Å². The monoisotopic (exact) mass is 362 g/mol. The van der Waals surface area contributed by atoms with Gasteiger partial charge in [0.1, 0.15) is 0 Å². The molecule has 98 valence electrons. The Hall–Kier alpha value is -1.15. The normalized spacial score (nSPS) is 13.8. The summed E-state index contributed by atoms with van der Waals surface area (Å²) in [5.74, 6) is -0.345. The highest BCUT2D eigenvalue weighted by molar-refractivity contribution is 14.1. The molecule has 3 N–H and O–H groups in total. The minimum Gasteiger partial charge on any atom is -0.398 e. The molecule has 1 aromatic rings. The van der Waals surface area contributed by atoms with Crippen molar-refractivity contribution in [1.29, 1.82) is 0 Å². The maximum atomic E-state index is 11.7. The quantitative estimate of drug-likeness (QED) is 0.470. The van der Waals surface area contributed by atoms with Crippen LogP contribution in [0.3, 0.4) is 0 Å². The summed E-state index contributed by atoms with van der Waals surface area (Å²) >= 11 is 2.05. The number of rotatable bonds is 4. The fourth-order valence-corrected chi connectivity index (χ4v) is 1.98. The van der Waals surface area contributed by atoms with Crippen LogP contribution in [0.2, 0.25) is 0 Å². The third-order valence-corrected chi connectivity index (χ3v) is 3.27. The van der Waals surface area contributed by atoms with Crippen LogP contribution in [0.15, 0.2) is 18.2 Å². The molecular formula is C12H15IN2O3. The molecule has 0 aliphatic rings. The van der Waals surface area contributed by atoms with E-state index >= 15 is 0 Å². The van der Waals surface area contributed by atoms with E-state index in [0.29, 0.717) is 6.29 Å². The van der Waals surface area contributed by atoms with E-state index in [4.69, 9.17) is 5.73 Å². The second-order valence-electron chi connectivity index (χ2n) is 4.24. The van der Waals surface area contributed by atoms with Crippen molar-refractivity contribution in [2.75, 3.05) is 19.8 Å². The number of aldehydes is 1. The summed E-state index contributed by atoms with van der Waals surface area (Å²) in [5.41, 5.74) is 4.43. The molecule has 0 radical (unpaired) electrons. The van der Waals surface area contributed by atoms with Gasteiger partial charge in [-0.25, -0.2) is 0 Å². The number of nitrogens with two attached hydrogens (primary N) is 1. The molecule has 0 heterocycles. The standard InChI is InChI=1S/C12H15IN2O3/c1-15(2)11(17)6-12(18,7-16)9-5-8(13)3-4-10(9)14/h3-5,7,18H,6,14H2,1-2H3. The van der Waals surface area contributed by atoms with Crippen molar-refractivity contribution in [3.05, 3.63) is 27.3 Å². The number of amides is 1. The first-order valence-corrected chi connectivity index (χ1v) is 6.32. The van der Waals surface area contributed by atoms with Crippen LogP contribution in [-0.4, -0.2) is 36.3 Å². The summed E-state index contributed by atoms with van der Waals surface area (Å²) < 4.78 is 0.828. The number of anilines is 1. The smallest absolute Gasteiger partial charge is 0.225 e. The van der Waals surface area contributed by atoms with Crippen LogP contribution in [0.1, 0.15) is 12.0 Å². The summed E-state index contributed by atoms with van der Waals surface area (Å²) in [4.78, 5) is 24.1. The topological polar surface area (TPSA) is 83.6 Å². The Bertz CT molecular complexity index is 476. The molecule has 5 nitrogen and oxygen atoms in total. The number of hydrogen-bond acceptors (Lipinski definition) is 4. The molecular weight excluding hydrogens is 347 g/mol. The molecule has 1 unspecified atom stereocenters. The number of benzene rings is 1. The molecule has 1 aromatic carbocycles. The molecule has 0 aliphatic heterocycles. The van der Waals surface area contributed by atoms with Crippen LogP contribution in [0.25, 0.3) is 0 Å². The summed E-state index contributed by atoms with van der Waals surface area (Å²) in [6.07, 6.45) is 0.0317. The van der Waals surface area contributed by atoms with E-state index in [9.17, 15) is 14.7 Å². The first kappa shape index (κ1) is 14.9. The molecule has 0 saturated carbocycles. The van der Waals surface area contributed by atoms with Gasteiger partial charge in [-0.05, 0) is 40.8 Å². The molecule has 0 bridgehead atoms. The highest BCUT2D eigenvalue weighted by Crippen LogP contribution is 2.29. The Morgan fingerprint density at radius 2 is 2.17 bits per heavy atom. The average Bonchev–Trinajstić information content (AvgIpc) is 2.31. The summed E-state index contributed by atoms with van der Waals surface area (Å²) in [5, 5.41) is 10.3. The second-order valence-corrected chi connectivity index (χ2v) is 5.48. The molecule has 18 heavy (non-hydrogen) atoms. The third-order valence-electron chi connectivity index (χ3n) is 2.60. The first-order valence-electron chi connectivity index (χ1n) is 5.24. The Balaban J connectivity index is 3.18. The van der Waals surface area contributed by atoms with Crippen molar-refractivity contribution >= 4 is 40.5 Å². The Morgan fingerprint density at radius 1 is 1.56 bits per heavy atom. The van der Waals surface area contributed by atoms with Gasteiger partial charge in [-0.15, -0.1) is 0 Å². The van der Waals surface area contributed by atoms with Crippen molar-refractivity contribution in [2.45, 2.75) is 12.0 Å². The first-order chi connectivity index (χ1) is 8.30. The van der Waals surface area contributed by atoms with Crippen molar-refractivity contribution in [3.8, 4) is 0 Å². The third kappa shape index (κ3) is 3.20. The van der Waals surface area contributed by atoms with Crippen LogP contribution < -0.4 is 5.73 Å². The fraction of sp³-hybridized carbons (Fsp3) is 0.333. The van der Waals surface area contributed by atoms with Crippen LogP contribution in [0.4, 0.5) is 5.69 Å². The molecule has 1 rings (SSSR count). The van der Waals surface area contributed by atoms with E-state index in [2.05, 4.69) is 0 Å². The van der Waals surface area contributed by atoms with Crippen LogP contribution in [-0.2, 0) is 15.2 Å². The molecule has 1 atom stereocenters. The lowest BCUT2D eigenvalue weighted by molar-refractivity contribution is -0.140. The van der Waals surface area contributed by atoms with Crippen molar-refractivity contribution in [3.63, 3.8) is 0 Å². The van der Waals surface area contributed by atoms with E-state index in [1.807, 2.05) is 22.6 Å². The van der Waals surface area contributed by atoms with Crippen molar-refractivity contribution in [1.82, 2.24) is 4.90 Å². The number of carbonyl (C=O) groups is 2. The van der Waals surface area contributed by atoms with Crippen molar-refractivity contribution < 1.29 is 14.7 Å². The minimum absolute atomic E-state index is 0.264. The number of hydrogen-bond donors (Lipinski definition) is 2. The van der Waals surface area contributed by atoms with Crippen LogP contribution in [0.5, 0.6) is 0 Å². The van der Waals surface area contributed by atoms with Gasteiger partial charge in [0.05, 0.1) is 6.42 Å². The highest BCUT2D eigenvalue weighted by Gasteiger charge is 2.34. The number of aliphatic hydroxyl groups is 1. The highest BCUT2D eigenvalue weighted by atomic mass is 127. The Labute approximate surface area is 119 Å². The minimum atomic E-state index is -1.88. The van der Waals surface area contributed by atoms with Gasteiger partial charge in [-0.2, -0.15) is 0 Å². The van der Waals surface area contributed by atoms with Gasteiger partial charge in [0.25, 0.3) is 0 Å². The zero-order chi connectivity index (χ0) is 13.9. The summed E-state index contributed by atoms with van der Waals surface area (Å²) in [7, 11) is 3.12. The van der Waals surface area contributed by atoms with Gasteiger partial charge in [0.15, 0.2) is 11.9 Å². The summed E-state index contributed by atoms with van der Waals surface area (Å²) in [6.45, 7) is 0. The van der Waals surface area contributed by atoms with Gasteiger partial charge in [0.2, 0.25) is 5.91 Å². The molecule has 0 aliphatic carbocycles. The van der Waals surface area contributed by atoms with Crippen molar-refractivity contribution in [2.24, 2.45) is 0 Å². The lowest BCUT2D eigenvalue weighted by Gasteiger charge is -2.25. The van der Waals surface area contributed by atoms with E-state index in [1.54, 1.807) is 32.3 Å². The van der Waals surface area contributed by atoms with Gasteiger partial charge >= 0.3 is 0 Å². The number of halogens is 1. The molecule has 0 saturated heterocycles. The SMILES string of the molecule is CN(C)C(=O)CC(O)(C=O)c1cc(I)ccc1N. The maximum Gasteiger partial charge on any atom is 0.225 e. The molecule has 0 fully saturated rings. The molecule has 1 amide bonds. The van der Waals surface area contributed by atoms with Crippen LogP contribution in [0, 0.1) is 3.57 Å². The lowest BCUT2D eigenvalue weighted by Crippen LogP contribution is -2.36. The lowest BCUT2D eigenvalue weighted by atomic mass is 9.90. The van der Waals surface area contributed by atoms with E-state index in [0.717, 1.165) is 3.57 Å². The summed E-state index contributed by atoms with van der Waals surface area (Å²) in [6, 6.07) is 4.97. The van der Waals surface area contributed by atoms with E-state index < -0.39 is 5.60 Å². The number of nitrogens with zero attached hydrogens (tertiary/aromatic N) is 1. The number of nitrogen functional groups attached to an aromatic ring is 1. The van der Waals surface area contributed by atoms with Gasteiger partial charge in [-0.3, -0.25) is 9.59 Å². The van der Waals surface area contributed by atoms with Gasteiger partial charge in [0, 0.05) is 28.9 Å². The van der Waals surface area contributed by atoms with E-state index in [1.165, 1.54) is 4.90 Å². The maximum absolute atomic E-state index is 11.7. The fourth-order valence-electron chi connectivity index (χ4n) is 1.49. The zero-order valence-corrected chi connectivity index (χ0v) is 12.3.